The fourth-order valence-electron chi connectivity index (χ4n) is 2.61. The zero-order valence-electron chi connectivity index (χ0n) is 14.4. The van der Waals surface area contributed by atoms with Crippen LogP contribution in [0.2, 0.25) is 0 Å². The van der Waals surface area contributed by atoms with Gasteiger partial charge in [-0.25, -0.2) is 9.97 Å². The number of alkyl halides is 3. The molecular weight excluding hydrogens is 355 g/mol. The van der Waals surface area contributed by atoms with Crippen molar-refractivity contribution < 1.29 is 28.1 Å². The fraction of sp³-hybridized carbons (Fsp3) is 0.600. The van der Waals surface area contributed by atoms with Crippen LogP contribution in [0.25, 0.3) is 11.0 Å². The Balaban J connectivity index is 0.000000431. The second kappa shape index (κ2) is 7.35. The Morgan fingerprint density at radius 1 is 1.27 bits per heavy atom. The van der Waals surface area contributed by atoms with Gasteiger partial charge in [-0.1, -0.05) is 0 Å². The number of nitrogen functional groups attached to an aromatic ring is 1. The highest BCUT2D eigenvalue weighted by Gasteiger charge is 2.38. The second-order valence-electron chi connectivity index (χ2n) is 6.43. The summed E-state index contributed by atoms with van der Waals surface area (Å²) in [7, 11) is 0. The van der Waals surface area contributed by atoms with E-state index >= 15 is 0 Å². The van der Waals surface area contributed by atoms with E-state index in [0.717, 1.165) is 12.5 Å². The molecule has 0 aliphatic carbocycles. The van der Waals surface area contributed by atoms with E-state index in [0.29, 0.717) is 19.4 Å². The summed E-state index contributed by atoms with van der Waals surface area (Å²) in [5.41, 5.74) is 10.4. The van der Waals surface area contributed by atoms with Gasteiger partial charge in [-0.2, -0.15) is 13.2 Å². The van der Waals surface area contributed by atoms with Gasteiger partial charge in [0.2, 0.25) is 0 Å². The molecule has 0 spiro atoms. The van der Waals surface area contributed by atoms with E-state index in [1.165, 1.54) is 18.4 Å². The van der Waals surface area contributed by atoms with E-state index in [4.69, 9.17) is 26.4 Å². The molecule has 1 fully saturated rings. The number of anilines is 1. The quantitative estimate of drug-likeness (QED) is 0.581. The van der Waals surface area contributed by atoms with Crippen LogP contribution in [-0.4, -0.2) is 43.2 Å². The maximum absolute atomic E-state index is 13.2. The molecule has 1 aliphatic heterocycles. The SMILES string of the molecule is CC(C)(O)O.NCC1CCC(n2cc(C(F)(F)F)c3c(N)ncnc32)O1. The average molecular weight is 377 g/mol. The summed E-state index contributed by atoms with van der Waals surface area (Å²) in [6.45, 7) is 2.93. The van der Waals surface area contributed by atoms with E-state index in [1.807, 2.05) is 0 Å². The van der Waals surface area contributed by atoms with Crippen molar-refractivity contribution in [3.8, 4) is 0 Å². The largest absolute Gasteiger partial charge is 0.418 e. The number of hydrogen-bond acceptors (Lipinski definition) is 7. The standard InChI is InChI=1S/C12H14F3N5O.C3H8O2/c13-12(14,15)7-4-20(8-2-1-6(3-16)21-8)11-9(7)10(17)18-5-19-11;1-3(2,4)5/h4-6,8H,1-3,16H2,(H2,17,18,19);4-5H,1-2H3. The molecule has 8 nitrogen and oxygen atoms in total. The summed E-state index contributed by atoms with van der Waals surface area (Å²) >= 11 is 0. The van der Waals surface area contributed by atoms with Crippen molar-refractivity contribution in [1.29, 1.82) is 0 Å². The number of ether oxygens (including phenoxy) is 1. The molecule has 0 aromatic carbocycles. The van der Waals surface area contributed by atoms with Gasteiger partial charge in [-0.05, 0) is 26.7 Å². The summed E-state index contributed by atoms with van der Waals surface area (Å²) in [4.78, 5) is 7.58. The molecule has 26 heavy (non-hydrogen) atoms. The number of nitrogens with two attached hydrogens (primary N) is 2. The fourth-order valence-corrected chi connectivity index (χ4v) is 2.61. The van der Waals surface area contributed by atoms with Crippen molar-refractivity contribution in [3.63, 3.8) is 0 Å². The second-order valence-corrected chi connectivity index (χ2v) is 6.43. The van der Waals surface area contributed by atoms with E-state index in [1.54, 1.807) is 0 Å². The Morgan fingerprint density at radius 2 is 1.88 bits per heavy atom. The van der Waals surface area contributed by atoms with Gasteiger partial charge in [-0.15, -0.1) is 0 Å². The third-order valence-electron chi connectivity index (χ3n) is 3.60. The van der Waals surface area contributed by atoms with Crippen molar-refractivity contribution >= 4 is 16.9 Å². The van der Waals surface area contributed by atoms with Crippen molar-refractivity contribution in [3.05, 3.63) is 18.1 Å². The molecule has 2 unspecified atom stereocenters. The summed E-state index contributed by atoms with van der Waals surface area (Å²) in [5, 5.41) is 16.0. The first-order valence-corrected chi connectivity index (χ1v) is 7.90. The third-order valence-corrected chi connectivity index (χ3v) is 3.60. The number of halogens is 3. The summed E-state index contributed by atoms with van der Waals surface area (Å²) < 4.78 is 46.5. The van der Waals surface area contributed by atoms with Gasteiger partial charge < -0.3 is 31.0 Å². The Hall–Kier alpha value is -1.95. The molecule has 0 amide bonds. The highest BCUT2D eigenvalue weighted by Crippen LogP contribution is 2.40. The van der Waals surface area contributed by atoms with Crippen molar-refractivity contribution in [2.24, 2.45) is 5.73 Å². The molecule has 1 saturated heterocycles. The normalized spacial score (nSPS) is 20.9. The van der Waals surface area contributed by atoms with Crippen LogP contribution >= 0.6 is 0 Å². The lowest BCUT2D eigenvalue weighted by Crippen LogP contribution is -2.20. The van der Waals surface area contributed by atoms with Crippen LogP contribution in [0, 0.1) is 0 Å². The lowest BCUT2D eigenvalue weighted by molar-refractivity contribution is -0.136. The van der Waals surface area contributed by atoms with Gasteiger partial charge in [0, 0.05) is 12.7 Å². The molecule has 1 aliphatic rings. The molecule has 2 atom stereocenters. The van der Waals surface area contributed by atoms with Crippen LogP contribution < -0.4 is 11.5 Å². The van der Waals surface area contributed by atoms with Gasteiger partial charge in [-0.3, -0.25) is 0 Å². The zero-order chi connectivity index (χ0) is 19.7. The number of nitrogens with zero attached hydrogens (tertiary/aromatic N) is 3. The number of rotatable bonds is 2. The minimum atomic E-state index is -4.53. The van der Waals surface area contributed by atoms with Gasteiger partial charge >= 0.3 is 6.18 Å². The van der Waals surface area contributed by atoms with Gasteiger partial charge in [0.05, 0.1) is 17.1 Å². The molecule has 0 bridgehead atoms. The molecule has 3 rings (SSSR count). The predicted octanol–water partition coefficient (Wildman–Crippen LogP) is 1.38. The van der Waals surface area contributed by atoms with E-state index in [-0.39, 0.29) is 23.0 Å². The maximum atomic E-state index is 13.2. The minimum Gasteiger partial charge on any atom is -0.383 e. The highest BCUT2D eigenvalue weighted by atomic mass is 19.4. The van der Waals surface area contributed by atoms with Crippen LogP contribution in [0.4, 0.5) is 19.0 Å². The zero-order valence-corrected chi connectivity index (χ0v) is 14.4. The van der Waals surface area contributed by atoms with Crippen molar-refractivity contribution in [2.75, 3.05) is 12.3 Å². The van der Waals surface area contributed by atoms with E-state index in [2.05, 4.69) is 9.97 Å². The maximum Gasteiger partial charge on any atom is 0.418 e. The van der Waals surface area contributed by atoms with Crippen LogP contribution in [0.3, 0.4) is 0 Å². The molecule has 2 aromatic rings. The molecule has 2 aromatic heterocycles. The molecular formula is C15H22F3N5O3. The van der Waals surface area contributed by atoms with E-state index in [9.17, 15) is 13.2 Å². The summed E-state index contributed by atoms with van der Waals surface area (Å²) in [5.74, 6) is -1.69. The summed E-state index contributed by atoms with van der Waals surface area (Å²) in [6.07, 6.45) is -1.81. The lowest BCUT2D eigenvalue weighted by atomic mass is 10.2. The Morgan fingerprint density at radius 3 is 2.38 bits per heavy atom. The topological polar surface area (TPSA) is 132 Å². The molecule has 0 radical (unpaired) electrons. The molecule has 3 heterocycles. The molecule has 11 heteroatoms. The van der Waals surface area contributed by atoms with Crippen molar-refractivity contribution in [2.45, 2.75) is 51.0 Å². The average Bonchev–Trinajstić information content (AvgIpc) is 3.09. The predicted molar refractivity (Wildman–Crippen MR) is 87.7 cm³/mol. The highest BCUT2D eigenvalue weighted by molar-refractivity contribution is 5.90. The first-order chi connectivity index (χ1) is 11.9. The van der Waals surface area contributed by atoms with Crippen LogP contribution in [0.15, 0.2) is 12.5 Å². The van der Waals surface area contributed by atoms with Gasteiger partial charge in [0.15, 0.2) is 5.79 Å². The molecule has 6 N–H and O–H groups in total. The monoisotopic (exact) mass is 377 g/mol. The van der Waals surface area contributed by atoms with Gasteiger partial charge in [0.25, 0.3) is 0 Å². The Kier molecular flexibility index (Phi) is 5.76. The number of fused-ring (bicyclic) bond motifs is 1. The van der Waals surface area contributed by atoms with Crippen LogP contribution in [0.1, 0.15) is 38.5 Å². The van der Waals surface area contributed by atoms with Gasteiger partial charge in [0.1, 0.15) is 24.0 Å². The minimum absolute atomic E-state index is 0.123. The van der Waals surface area contributed by atoms with E-state index < -0.39 is 23.8 Å². The smallest absolute Gasteiger partial charge is 0.383 e. The lowest BCUT2D eigenvalue weighted by Gasteiger charge is -2.14. The van der Waals surface area contributed by atoms with Crippen molar-refractivity contribution in [1.82, 2.24) is 14.5 Å². The summed E-state index contributed by atoms with van der Waals surface area (Å²) in [6, 6.07) is 0. The molecule has 146 valence electrons. The third kappa shape index (κ3) is 4.81. The molecule has 0 saturated carbocycles. The number of aliphatic hydroxyl groups is 2. The number of hydrogen-bond donors (Lipinski definition) is 4. The first kappa shape index (κ1) is 20.4. The first-order valence-electron chi connectivity index (χ1n) is 7.90. The Labute approximate surface area is 147 Å². The Bertz CT molecular complexity index is 751. The van der Waals surface area contributed by atoms with Crippen LogP contribution in [0.5, 0.6) is 0 Å². The number of aromatic nitrogens is 3. The van der Waals surface area contributed by atoms with Crippen LogP contribution in [-0.2, 0) is 10.9 Å².